The Kier molecular flexibility index (Phi) is 8.61. The first-order valence-electron chi connectivity index (χ1n) is 8.84. The van der Waals surface area contributed by atoms with Gasteiger partial charge in [-0.05, 0) is 36.8 Å². The molecule has 4 N–H and O–H groups in total. The molecule has 7 nitrogen and oxygen atoms in total. The lowest BCUT2D eigenvalue weighted by Crippen LogP contribution is -2.53. The number of aliphatic carboxylic acids is 1. The van der Waals surface area contributed by atoms with E-state index in [-0.39, 0.29) is 11.8 Å². The van der Waals surface area contributed by atoms with Crippen molar-refractivity contribution in [3.63, 3.8) is 0 Å². The van der Waals surface area contributed by atoms with Gasteiger partial charge in [0.25, 0.3) is 0 Å². The molecule has 0 saturated heterocycles. The van der Waals surface area contributed by atoms with E-state index in [1.807, 2.05) is 33.8 Å². The third-order valence-corrected chi connectivity index (χ3v) is 3.68. The van der Waals surface area contributed by atoms with Gasteiger partial charge in [-0.1, -0.05) is 45.9 Å². The molecule has 1 rings (SSSR count). The molecule has 0 aliphatic rings. The quantitative estimate of drug-likeness (QED) is 0.541. The van der Waals surface area contributed by atoms with E-state index in [1.165, 1.54) is 0 Å². The maximum atomic E-state index is 12.5. The zero-order valence-electron chi connectivity index (χ0n) is 15.8. The molecule has 2 atom stereocenters. The Morgan fingerprint density at radius 2 is 1.42 bits per heavy atom. The number of benzene rings is 1. The Bertz CT molecular complexity index is 602. The molecule has 0 heterocycles. The number of carboxylic acids is 1. The third kappa shape index (κ3) is 8.00. The van der Waals surface area contributed by atoms with Crippen LogP contribution >= 0.6 is 0 Å². The highest BCUT2D eigenvalue weighted by molar-refractivity contribution is 5.94. The van der Waals surface area contributed by atoms with Gasteiger partial charge in [-0.3, -0.25) is 4.79 Å². The molecule has 1 aromatic carbocycles. The first-order valence-corrected chi connectivity index (χ1v) is 8.84. The maximum Gasteiger partial charge on any atom is 0.326 e. The van der Waals surface area contributed by atoms with Crippen LogP contribution in [0.2, 0.25) is 0 Å². The first kappa shape index (κ1) is 21.5. The molecule has 0 unspecified atom stereocenters. The Balaban J connectivity index is 2.76. The van der Waals surface area contributed by atoms with Crippen molar-refractivity contribution in [2.45, 2.75) is 52.6 Å². The minimum Gasteiger partial charge on any atom is -0.480 e. The smallest absolute Gasteiger partial charge is 0.326 e. The molecular formula is C19H29N3O4. The molecule has 0 aromatic heterocycles. The second-order valence-corrected chi connectivity index (χ2v) is 7.18. The van der Waals surface area contributed by atoms with Crippen molar-refractivity contribution in [2.24, 2.45) is 11.8 Å². The molecule has 0 radical (unpaired) electrons. The molecule has 0 aliphatic heterocycles. The Labute approximate surface area is 154 Å². The second kappa shape index (κ2) is 10.4. The molecule has 3 amide bonds. The highest BCUT2D eigenvalue weighted by Crippen LogP contribution is 2.10. The number of anilines is 1. The van der Waals surface area contributed by atoms with Crippen LogP contribution in [0.25, 0.3) is 0 Å². The van der Waals surface area contributed by atoms with Crippen molar-refractivity contribution in [1.82, 2.24) is 10.6 Å². The van der Waals surface area contributed by atoms with Gasteiger partial charge in [0.1, 0.15) is 12.1 Å². The number of rotatable bonds is 9. The average molecular weight is 363 g/mol. The van der Waals surface area contributed by atoms with Gasteiger partial charge in [0.05, 0.1) is 0 Å². The van der Waals surface area contributed by atoms with Gasteiger partial charge < -0.3 is 21.1 Å². The predicted octanol–water partition coefficient (Wildman–Crippen LogP) is 2.84. The number of hydrogen-bond acceptors (Lipinski definition) is 3. The lowest BCUT2D eigenvalue weighted by molar-refractivity contribution is -0.142. The Hall–Kier alpha value is -2.57. The molecule has 7 heteroatoms. The fourth-order valence-electron chi connectivity index (χ4n) is 2.52. The first-order chi connectivity index (χ1) is 12.2. The van der Waals surface area contributed by atoms with E-state index in [4.69, 9.17) is 0 Å². The van der Waals surface area contributed by atoms with Gasteiger partial charge in [0.15, 0.2) is 0 Å². The number of hydrogen-bond donors (Lipinski definition) is 4. The molecule has 0 bridgehead atoms. The number of para-hydroxylation sites is 1. The van der Waals surface area contributed by atoms with Crippen LogP contribution in [0.4, 0.5) is 10.5 Å². The van der Waals surface area contributed by atoms with Crippen molar-refractivity contribution >= 4 is 23.6 Å². The minimum atomic E-state index is -1.08. The predicted molar refractivity (Wildman–Crippen MR) is 101 cm³/mol. The molecule has 144 valence electrons. The zero-order valence-corrected chi connectivity index (χ0v) is 15.8. The Morgan fingerprint density at radius 1 is 0.885 bits per heavy atom. The fraction of sp³-hybridized carbons (Fsp3) is 0.526. The highest BCUT2D eigenvalue weighted by Gasteiger charge is 2.27. The summed E-state index contributed by atoms with van der Waals surface area (Å²) in [4.78, 5) is 36.1. The SMILES string of the molecule is CC(C)C[C@H](NC(=O)[C@H](CC(C)C)NC(=O)Nc1ccccc1)C(=O)O. The summed E-state index contributed by atoms with van der Waals surface area (Å²) in [6.07, 6.45) is 0.730. The monoisotopic (exact) mass is 363 g/mol. The molecule has 0 saturated carbocycles. The molecule has 0 fully saturated rings. The van der Waals surface area contributed by atoms with E-state index in [2.05, 4.69) is 16.0 Å². The maximum absolute atomic E-state index is 12.5. The van der Waals surface area contributed by atoms with Crippen molar-refractivity contribution in [3.05, 3.63) is 30.3 Å². The number of carbonyl (C=O) groups is 3. The van der Waals surface area contributed by atoms with Gasteiger partial charge in [0.2, 0.25) is 5.91 Å². The second-order valence-electron chi connectivity index (χ2n) is 7.18. The van der Waals surface area contributed by atoms with Crippen molar-refractivity contribution in [1.29, 1.82) is 0 Å². The summed E-state index contributed by atoms with van der Waals surface area (Å²) in [6.45, 7) is 7.64. The molecule has 26 heavy (non-hydrogen) atoms. The van der Waals surface area contributed by atoms with Crippen LogP contribution in [0.3, 0.4) is 0 Å². The van der Waals surface area contributed by atoms with Gasteiger partial charge in [0, 0.05) is 5.69 Å². The average Bonchev–Trinajstić information content (AvgIpc) is 2.53. The summed E-state index contributed by atoms with van der Waals surface area (Å²) in [6, 6.07) is 6.59. The number of nitrogens with one attached hydrogen (secondary N) is 3. The van der Waals surface area contributed by atoms with Gasteiger partial charge in [-0.15, -0.1) is 0 Å². The number of urea groups is 1. The number of amides is 3. The topological polar surface area (TPSA) is 108 Å². The Morgan fingerprint density at radius 3 is 1.92 bits per heavy atom. The van der Waals surface area contributed by atoms with Crippen LogP contribution in [-0.2, 0) is 9.59 Å². The lowest BCUT2D eigenvalue weighted by atomic mass is 10.0. The summed E-state index contributed by atoms with van der Waals surface area (Å²) in [5.74, 6) is -1.30. The lowest BCUT2D eigenvalue weighted by Gasteiger charge is -2.23. The van der Waals surface area contributed by atoms with E-state index < -0.39 is 30.0 Å². The molecular weight excluding hydrogens is 334 g/mol. The van der Waals surface area contributed by atoms with E-state index in [0.717, 1.165) is 0 Å². The summed E-state index contributed by atoms with van der Waals surface area (Å²) >= 11 is 0. The fourth-order valence-corrected chi connectivity index (χ4v) is 2.52. The molecule has 0 spiro atoms. The summed E-state index contributed by atoms with van der Waals surface area (Å²) < 4.78 is 0. The summed E-state index contributed by atoms with van der Waals surface area (Å²) in [5.41, 5.74) is 0.608. The van der Waals surface area contributed by atoms with Crippen LogP contribution < -0.4 is 16.0 Å². The van der Waals surface area contributed by atoms with Crippen LogP contribution in [0.5, 0.6) is 0 Å². The number of carboxylic acid groups (broad SMARTS) is 1. The highest BCUT2D eigenvalue weighted by atomic mass is 16.4. The summed E-state index contributed by atoms with van der Waals surface area (Å²) in [5, 5.41) is 17.1. The van der Waals surface area contributed by atoms with Gasteiger partial charge in [-0.25, -0.2) is 9.59 Å². The van der Waals surface area contributed by atoms with E-state index in [0.29, 0.717) is 18.5 Å². The summed E-state index contributed by atoms with van der Waals surface area (Å²) in [7, 11) is 0. The zero-order chi connectivity index (χ0) is 19.7. The van der Waals surface area contributed by atoms with E-state index in [9.17, 15) is 19.5 Å². The van der Waals surface area contributed by atoms with Crippen LogP contribution in [-0.4, -0.2) is 35.1 Å². The molecule has 0 aliphatic carbocycles. The van der Waals surface area contributed by atoms with E-state index in [1.54, 1.807) is 24.3 Å². The largest absolute Gasteiger partial charge is 0.480 e. The van der Waals surface area contributed by atoms with Gasteiger partial charge in [-0.2, -0.15) is 0 Å². The third-order valence-electron chi connectivity index (χ3n) is 3.68. The van der Waals surface area contributed by atoms with Crippen molar-refractivity contribution < 1.29 is 19.5 Å². The van der Waals surface area contributed by atoms with Crippen LogP contribution in [0.1, 0.15) is 40.5 Å². The van der Waals surface area contributed by atoms with Crippen molar-refractivity contribution in [2.75, 3.05) is 5.32 Å². The van der Waals surface area contributed by atoms with Crippen LogP contribution in [0.15, 0.2) is 30.3 Å². The number of carbonyl (C=O) groups excluding carboxylic acids is 2. The normalized spacial score (nSPS) is 13.2. The minimum absolute atomic E-state index is 0.120. The van der Waals surface area contributed by atoms with Gasteiger partial charge >= 0.3 is 12.0 Å². The van der Waals surface area contributed by atoms with E-state index >= 15 is 0 Å². The van der Waals surface area contributed by atoms with Crippen LogP contribution in [0, 0.1) is 11.8 Å². The standard InChI is InChI=1S/C19H29N3O4/c1-12(2)10-15(17(23)21-16(18(24)25)11-13(3)4)22-19(26)20-14-8-6-5-7-9-14/h5-9,12-13,15-16H,10-11H2,1-4H3,(H,21,23)(H,24,25)(H2,20,22,26)/t15-,16-/m0/s1. The molecule has 1 aromatic rings. The van der Waals surface area contributed by atoms with Crippen molar-refractivity contribution in [3.8, 4) is 0 Å².